The van der Waals surface area contributed by atoms with Gasteiger partial charge in [0.15, 0.2) is 11.7 Å². The van der Waals surface area contributed by atoms with Crippen LogP contribution < -0.4 is 20.3 Å². The molecule has 0 unspecified atom stereocenters. The molecule has 2 aliphatic rings. The van der Waals surface area contributed by atoms with Crippen molar-refractivity contribution in [3.8, 4) is 5.75 Å². The molecule has 4 rings (SSSR count). The number of aromatic nitrogens is 1. The average Bonchev–Trinajstić information content (AvgIpc) is 3.31. The van der Waals surface area contributed by atoms with Crippen molar-refractivity contribution < 1.29 is 14.3 Å². The minimum Gasteiger partial charge on any atom is -0.482 e. The van der Waals surface area contributed by atoms with E-state index in [1.807, 2.05) is 30.5 Å². The Balaban J connectivity index is 1.46. The van der Waals surface area contributed by atoms with Crippen LogP contribution >= 0.6 is 11.3 Å². The van der Waals surface area contributed by atoms with E-state index in [-0.39, 0.29) is 30.5 Å². The molecule has 8 heteroatoms. The van der Waals surface area contributed by atoms with Crippen LogP contribution in [0.2, 0.25) is 0 Å². The van der Waals surface area contributed by atoms with Crippen LogP contribution in [-0.4, -0.2) is 36.0 Å². The highest BCUT2D eigenvalue weighted by Gasteiger charge is 2.33. The third-order valence-corrected chi connectivity index (χ3v) is 5.52. The molecule has 2 N–H and O–H groups in total. The van der Waals surface area contributed by atoms with E-state index in [0.29, 0.717) is 11.4 Å². The van der Waals surface area contributed by atoms with E-state index < -0.39 is 0 Å². The number of thiazole rings is 1. The molecule has 2 atom stereocenters. The lowest BCUT2D eigenvalue weighted by Gasteiger charge is -2.25. The van der Waals surface area contributed by atoms with Crippen LogP contribution in [0.15, 0.2) is 29.8 Å². The highest BCUT2D eigenvalue weighted by molar-refractivity contribution is 7.13. The summed E-state index contributed by atoms with van der Waals surface area (Å²) in [5.41, 5.74) is 1.56. The predicted octanol–water partition coefficient (Wildman–Crippen LogP) is 2.32. The number of nitrogens with zero attached hydrogens (tertiary/aromatic N) is 2. The summed E-state index contributed by atoms with van der Waals surface area (Å²) in [6.45, 7) is 2.82. The Morgan fingerprint density at radius 2 is 2.38 bits per heavy atom. The zero-order valence-corrected chi connectivity index (χ0v) is 15.2. The van der Waals surface area contributed by atoms with Crippen molar-refractivity contribution in [3.05, 3.63) is 35.3 Å². The molecule has 2 amide bonds. The van der Waals surface area contributed by atoms with Crippen molar-refractivity contribution in [2.75, 3.05) is 23.4 Å². The van der Waals surface area contributed by atoms with Gasteiger partial charge in [-0.2, -0.15) is 0 Å². The maximum absolute atomic E-state index is 12.8. The van der Waals surface area contributed by atoms with Crippen LogP contribution in [0.1, 0.15) is 31.4 Å². The first-order valence-electron chi connectivity index (χ1n) is 8.65. The summed E-state index contributed by atoms with van der Waals surface area (Å²) in [5.74, 6) is 0.484. The quantitative estimate of drug-likeness (QED) is 0.861. The summed E-state index contributed by atoms with van der Waals surface area (Å²) in [7, 11) is 0. The summed E-state index contributed by atoms with van der Waals surface area (Å²) < 4.78 is 5.38. The molecule has 0 aliphatic carbocycles. The van der Waals surface area contributed by atoms with E-state index in [1.165, 1.54) is 0 Å². The molecule has 1 aromatic carbocycles. The molecule has 0 spiro atoms. The monoisotopic (exact) mass is 372 g/mol. The summed E-state index contributed by atoms with van der Waals surface area (Å²) in [4.78, 5) is 30.7. The SMILES string of the molecule is C[C@H](NC(=O)[C@H]1CCCN1c1nccs1)c1ccc2c(c1)NC(=O)CO2. The van der Waals surface area contributed by atoms with Crippen molar-refractivity contribution >= 4 is 34.0 Å². The van der Waals surface area contributed by atoms with Gasteiger partial charge < -0.3 is 20.3 Å². The van der Waals surface area contributed by atoms with Gasteiger partial charge in [-0.25, -0.2) is 4.98 Å². The van der Waals surface area contributed by atoms with E-state index in [2.05, 4.69) is 20.5 Å². The summed E-state index contributed by atoms with van der Waals surface area (Å²) in [6.07, 6.45) is 3.57. The van der Waals surface area contributed by atoms with Gasteiger partial charge in [0, 0.05) is 18.1 Å². The molecule has 26 heavy (non-hydrogen) atoms. The molecule has 136 valence electrons. The Kier molecular flexibility index (Phi) is 4.50. The molecule has 2 aliphatic heterocycles. The number of ether oxygens (including phenoxy) is 1. The second-order valence-corrected chi connectivity index (χ2v) is 7.36. The highest BCUT2D eigenvalue weighted by atomic mass is 32.1. The number of fused-ring (bicyclic) bond motifs is 1. The molecule has 2 aromatic rings. The smallest absolute Gasteiger partial charge is 0.262 e. The van der Waals surface area contributed by atoms with Crippen LogP contribution in [0, 0.1) is 0 Å². The van der Waals surface area contributed by atoms with Crippen LogP contribution in [0.25, 0.3) is 0 Å². The maximum atomic E-state index is 12.8. The lowest BCUT2D eigenvalue weighted by molar-refractivity contribution is -0.123. The number of amides is 2. The van der Waals surface area contributed by atoms with E-state index in [1.54, 1.807) is 17.5 Å². The van der Waals surface area contributed by atoms with E-state index >= 15 is 0 Å². The van der Waals surface area contributed by atoms with Crippen LogP contribution in [0.4, 0.5) is 10.8 Å². The molecule has 7 nitrogen and oxygen atoms in total. The molecule has 0 saturated carbocycles. The Morgan fingerprint density at radius 3 is 3.19 bits per heavy atom. The largest absolute Gasteiger partial charge is 0.482 e. The van der Waals surface area contributed by atoms with Crippen LogP contribution in [-0.2, 0) is 9.59 Å². The topological polar surface area (TPSA) is 83.6 Å². The molecule has 3 heterocycles. The van der Waals surface area contributed by atoms with Crippen molar-refractivity contribution in [3.63, 3.8) is 0 Å². The molecule has 1 aromatic heterocycles. The highest BCUT2D eigenvalue weighted by Crippen LogP contribution is 2.31. The second-order valence-electron chi connectivity index (χ2n) is 6.49. The number of nitrogens with one attached hydrogen (secondary N) is 2. The molecule has 0 bridgehead atoms. The number of carbonyl (C=O) groups is 2. The first-order chi connectivity index (χ1) is 12.6. The van der Waals surface area contributed by atoms with Crippen molar-refractivity contribution in [1.29, 1.82) is 0 Å². The van der Waals surface area contributed by atoms with Gasteiger partial charge in [0.2, 0.25) is 5.91 Å². The number of carbonyl (C=O) groups excluding carboxylic acids is 2. The Hall–Kier alpha value is -2.61. The van der Waals surface area contributed by atoms with Gasteiger partial charge in [-0.1, -0.05) is 6.07 Å². The van der Waals surface area contributed by atoms with Crippen molar-refractivity contribution in [2.45, 2.75) is 31.8 Å². The fourth-order valence-corrected chi connectivity index (χ4v) is 4.11. The van der Waals surface area contributed by atoms with Gasteiger partial charge in [-0.15, -0.1) is 11.3 Å². The van der Waals surface area contributed by atoms with Crippen LogP contribution in [0.3, 0.4) is 0 Å². The zero-order chi connectivity index (χ0) is 18.1. The number of rotatable bonds is 4. The fourth-order valence-electron chi connectivity index (χ4n) is 3.39. The van der Waals surface area contributed by atoms with E-state index in [0.717, 1.165) is 30.1 Å². The molecular formula is C18H20N4O3S. The summed E-state index contributed by atoms with van der Waals surface area (Å²) in [5, 5.41) is 8.71. The third kappa shape index (κ3) is 3.24. The zero-order valence-electron chi connectivity index (χ0n) is 14.4. The maximum Gasteiger partial charge on any atom is 0.262 e. The van der Waals surface area contributed by atoms with Gasteiger partial charge in [-0.3, -0.25) is 9.59 Å². The Morgan fingerprint density at radius 1 is 1.50 bits per heavy atom. The summed E-state index contributed by atoms with van der Waals surface area (Å²) in [6, 6.07) is 5.22. The normalized spacial score (nSPS) is 20.1. The molecule has 1 saturated heterocycles. The number of hydrogen-bond acceptors (Lipinski definition) is 6. The predicted molar refractivity (Wildman–Crippen MR) is 99.6 cm³/mol. The lowest BCUT2D eigenvalue weighted by Crippen LogP contribution is -2.44. The summed E-state index contributed by atoms with van der Waals surface area (Å²) >= 11 is 1.55. The van der Waals surface area contributed by atoms with E-state index in [9.17, 15) is 9.59 Å². The lowest BCUT2D eigenvalue weighted by atomic mass is 10.1. The molecule has 0 radical (unpaired) electrons. The van der Waals surface area contributed by atoms with Gasteiger partial charge in [0.25, 0.3) is 5.91 Å². The third-order valence-electron chi connectivity index (χ3n) is 4.72. The first-order valence-corrected chi connectivity index (χ1v) is 9.53. The van der Waals surface area contributed by atoms with Gasteiger partial charge in [-0.05, 0) is 37.5 Å². The standard InChI is InChI=1S/C18H20N4O3S/c1-11(12-4-5-15-13(9-12)21-16(23)10-25-15)20-17(24)14-3-2-7-22(14)18-19-6-8-26-18/h4-6,8-9,11,14H,2-3,7,10H2,1H3,(H,20,24)(H,21,23)/t11-,14+/m0/s1. The molecular weight excluding hydrogens is 352 g/mol. The van der Waals surface area contributed by atoms with Crippen molar-refractivity contribution in [1.82, 2.24) is 10.3 Å². The Bertz CT molecular complexity index is 824. The average molecular weight is 372 g/mol. The number of hydrogen-bond donors (Lipinski definition) is 2. The van der Waals surface area contributed by atoms with E-state index in [4.69, 9.17) is 4.74 Å². The fraction of sp³-hybridized carbons (Fsp3) is 0.389. The number of anilines is 2. The second kappa shape index (κ2) is 6.95. The molecule has 1 fully saturated rings. The number of benzene rings is 1. The van der Waals surface area contributed by atoms with Gasteiger partial charge >= 0.3 is 0 Å². The first kappa shape index (κ1) is 16.8. The van der Waals surface area contributed by atoms with Crippen molar-refractivity contribution in [2.24, 2.45) is 0 Å². The Labute approximate surface area is 155 Å². The minimum atomic E-state index is -0.190. The van der Waals surface area contributed by atoms with Gasteiger partial charge in [0.05, 0.1) is 11.7 Å². The van der Waals surface area contributed by atoms with Gasteiger partial charge in [0.1, 0.15) is 11.8 Å². The van der Waals surface area contributed by atoms with Crippen LogP contribution in [0.5, 0.6) is 5.75 Å². The minimum absolute atomic E-state index is 0.00297.